The lowest BCUT2D eigenvalue weighted by molar-refractivity contribution is -0.144. The van der Waals surface area contributed by atoms with Gasteiger partial charge in [0.05, 0.1) is 0 Å². The van der Waals surface area contributed by atoms with E-state index in [1.54, 1.807) is 4.90 Å². The number of nitrogens with zero attached hydrogens (tertiary/aromatic N) is 2. The molecule has 0 aromatic carbocycles. The van der Waals surface area contributed by atoms with Crippen molar-refractivity contribution in [3.05, 3.63) is 0 Å². The Hall–Kier alpha value is -0.610. The van der Waals surface area contributed by atoms with Gasteiger partial charge in [-0.15, -0.1) is 0 Å². The lowest BCUT2D eigenvalue weighted by Gasteiger charge is -2.35. The number of likely N-dealkylation sites (N-methyl/N-ethyl adjacent to an activating group) is 1. The maximum absolute atomic E-state index is 11.8. The van der Waals surface area contributed by atoms with Crippen LogP contribution in [0.4, 0.5) is 0 Å². The van der Waals surface area contributed by atoms with Crippen LogP contribution in [0.2, 0.25) is 0 Å². The normalized spacial score (nSPS) is 18.6. The summed E-state index contributed by atoms with van der Waals surface area (Å²) in [7, 11) is 0. The SMILES string of the molecule is CC.CCN1CCN(C(=O)C(O)C(C)C)CC1. The predicted octanol–water partition coefficient (Wildman–Crippen LogP) is 1.19. The van der Waals surface area contributed by atoms with Crippen molar-refractivity contribution in [2.75, 3.05) is 32.7 Å². The van der Waals surface area contributed by atoms with Crippen molar-refractivity contribution in [2.24, 2.45) is 5.92 Å². The number of rotatable bonds is 3. The molecular weight excluding hydrogens is 216 g/mol. The highest BCUT2D eigenvalue weighted by atomic mass is 16.3. The number of hydrogen-bond acceptors (Lipinski definition) is 3. The van der Waals surface area contributed by atoms with Crippen LogP contribution in [0.1, 0.15) is 34.6 Å². The van der Waals surface area contributed by atoms with Gasteiger partial charge in [0.15, 0.2) is 0 Å². The average molecular weight is 244 g/mol. The maximum Gasteiger partial charge on any atom is 0.251 e. The van der Waals surface area contributed by atoms with Gasteiger partial charge in [0.2, 0.25) is 0 Å². The third-order valence-electron chi connectivity index (χ3n) is 3.02. The number of piperazine rings is 1. The van der Waals surface area contributed by atoms with Gasteiger partial charge >= 0.3 is 0 Å². The number of amides is 1. The Kier molecular flexibility index (Phi) is 8.17. The lowest BCUT2D eigenvalue weighted by Crippen LogP contribution is -2.52. The maximum atomic E-state index is 11.8. The number of carbonyl (C=O) groups excluding carboxylic acids is 1. The van der Waals surface area contributed by atoms with Crippen LogP contribution in [0, 0.1) is 5.92 Å². The van der Waals surface area contributed by atoms with E-state index < -0.39 is 6.10 Å². The minimum atomic E-state index is -0.835. The fraction of sp³-hybridized carbons (Fsp3) is 0.923. The van der Waals surface area contributed by atoms with Gasteiger partial charge in [0.25, 0.3) is 5.91 Å². The van der Waals surface area contributed by atoms with Crippen molar-refractivity contribution < 1.29 is 9.90 Å². The molecule has 1 N–H and O–H groups in total. The van der Waals surface area contributed by atoms with Gasteiger partial charge in [-0.3, -0.25) is 4.79 Å². The van der Waals surface area contributed by atoms with E-state index in [0.29, 0.717) is 0 Å². The van der Waals surface area contributed by atoms with Gasteiger partial charge in [-0.1, -0.05) is 34.6 Å². The zero-order valence-corrected chi connectivity index (χ0v) is 11.9. The number of hydrogen-bond donors (Lipinski definition) is 1. The summed E-state index contributed by atoms with van der Waals surface area (Å²) in [6.45, 7) is 14.2. The highest BCUT2D eigenvalue weighted by molar-refractivity contribution is 5.81. The van der Waals surface area contributed by atoms with E-state index in [1.165, 1.54) is 0 Å². The highest BCUT2D eigenvalue weighted by Crippen LogP contribution is 2.08. The summed E-state index contributed by atoms with van der Waals surface area (Å²) < 4.78 is 0. The van der Waals surface area contributed by atoms with Crippen LogP contribution in [0.25, 0.3) is 0 Å². The summed E-state index contributed by atoms with van der Waals surface area (Å²) in [5.41, 5.74) is 0. The quantitative estimate of drug-likeness (QED) is 0.811. The minimum absolute atomic E-state index is 0.00158. The molecule has 1 unspecified atom stereocenters. The molecule has 0 bridgehead atoms. The van der Waals surface area contributed by atoms with Crippen LogP contribution in [0.15, 0.2) is 0 Å². The summed E-state index contributed by atoms with van der Waals surface area (Å²) >= 11 is 0. The Morgan fingerprint density at radius 1 is 1.18 bits per heavy atom. The molecule has 1 aliphatic heterocycles. The summed E-state index contributed by atoms with van der Waals surface area (Å²) in [6.07, 6.45) is -0.835. The number of aliphatic hydroxyl groups excluding tert-OH is 1. The summed E-state index contributed by atoms with van der Waals surface area (Å²) in [6, 6.07) is 0. The topological polar surface area (TPSA) is 43.8 Å². The fourth-order valence-electron chi connectivity index (χ4n) is 1.76. The molecule has 1 amide bonds. The van der Waals surface area contributed by atoms with E-state index in [4.69, 9.17) is 0 Å². The van der Waals surface area contributed by atoms with E-state index in [2.05, 4.69) is 11.8 Å². The number of carbonyl (C=O) groups is 1. The molecule has 1 heterocycles. The number of aliphatic hydroxyl groups is 1. The second-order valence-corrected chi connectivity index (χ2v) is 4.45. The van der Waals surface area contributed by atoms with Crippen LogP contribution in [-0.4, -0.2) is 59.6 Å². The van der Waals surface area contributed by atoms with Gasteiger partial charge < -0.3 is 14.9 Å². The third-order valence-corrected chi connectivity index (χ3v) is 3.02. The van der Waals surface area contributed by atoms with Crippen molar-refractivity contribution in [1.82, 2.24) is 9.80 Å². The lowest BCUT2D eigenvalue weighted by atomic mass is 10.1. The fourth-order valence-corrected chi connectivity index (χ4v) is 1.76. The first kappa shape index (κ1) is 16.4. The molecule has 1 rings (SSSR count). The Balaban J connectivity index is 0.00000121. The minimum Gasteiger partial charge on any atom is -0.383 e. The average Bonchev–Trinajstić information content (AvgIpc) is 2.39. The van der Waals surface area contributed by atoms with Crippen molar-refractivity contribution in [2.45, 2.75) is 40.7 Å². The van der Waals surface area contributed by atoms with Crippen LogP contribution >= 0.6 is 0 Å². The second-order valence-electron chi connectivity index (χ2n) is 4.45. The van der Waals surface area contributed by atoms with Gasteiger partial charge in [-0.05, 0) is 12.5 Å². The third kappa shape index (κ3) is 5.04. The zero-order chi connectivity index (χ0) is 13.4. The molecule has 1 saturated heterocycles. The Morgan fingerprint density at radius 3 is 2.00 bits per heavy atom. The van der Waals surface area contributed by atoms with Crippen LogP contribution in [-0.2, 0) is 4.79 Å². The molecule has 1 atom stereocenters. The molecule has 0 aromatic heterocycles. The van der Waals surface area contributed by atoms with E-state index in [-0.39, 0.29) is 11.8 Å². The van der Waals surface area contributed by atoms with E-state index in [0.717, 1.165) is 32.7 Å². The molecule has 0 radical (unpaired) electrons. The zero-order valence-electron chi connectivity index (χ0n) is 11.9. The molecule has 0 aromatic rings. The van der Waals surface area contributed by atoms with E-state index in [1.807, 2.05) is 27.7 Å². The second kappa shape index (κ2) is 8.48. The molecule has 4 nitrogen and oxygen atoms in total. The first-order valence-corrected chi connectivity index (χ1v) is 6.75. The standard InChI is InChI=1S/C11H22N2O2.C2H6/c1-4-12-5-7-13(8-6-12)11(15)10(14)9(2)3;1-2/h9-10,14H,4-8H2,1-3H3;1-2H3. The molecule has 102 valence electrons. The van der Waals surface area contributed by atoms with Crippen molar-refractivity contribution in [3.63, 3.8) is 0 Å². The molecule has 0 spiro atoms. The monoisotopic (exact) mass is 244 g/mol. The first-order chi connectivity index (χ1) is 8.06. The van der Waals surface area contributed by atoms with Gasteiger partial charge in [0, 0.05) is 26.2 Å². The molecule has 0 aliphatic carbocycles. The Labute approximate surface area is 106 Å². The Bertz CT molecular complexity index is 211. The smallest absolute Gasteiger partial charge is 0.251 e. The summed E-state index contributed by atoms with van der Waals surface area (Å²) in [4.78, 5) is 15.9. The van der Waals surface area contributed by atoms with Crippen molar-refractivity contribution >= 4 is 5.91 Å². The van der Waals surface area contributed by atoms with Crippen LogP contribution in [0.5, 0.6) is 0 Å². The van der Waals surface area contributed by atoms with Gasteiger partial charge in [0.1, 0.15) is 6.10 Å². The predicted molar refractivity (Wildman–Crippen MR) is 70.9 cm³/mol. The molecular formula is C13H28N2O2. The van der Waals surface area contributed by atoms with Gasteiger partial charge in [-0.2, -0.15) is 0 Å². The highest BCUT2D eigenvalue weighted by Gasteiger charge is 2.27. The van der Waals surface area contributed by atoms with Crippen LogP contribution < -0.4 is 0 Å². The van der Waals surface area contributed by atoms with E-state index >= 15 is 0 Å². The molecule has 1 aliphatic rings. The molecule has 4 heteroatoms. The van der Waals surface area contributed by atoms with Crippen molar-refractivity contribution in [3.8, 4) is 0 Å². The largest absolute Gasteiger partial charge is 0.383 e. The molecule has 17 heavy (non-hydrogen) atoms. The van der Waals surface area contributed by atoms with Crippen molar-refractivity contribution in [1.29, 1.82) is 0 Å². The molecule has 1 fully saturated rings. The molecule has 0 saturated carbocycles. The summed E-state index contributed by atoms with van der Waals surface area (Å²) in [5, 5.41) is 9.67. The first-order valence-electron chi connectivity index (χ1n) is 6.75. The summed E-state index contributed by atoms with van der Waals surface area (Å²) in [5.74, 6) is -0.109. The van der Waals surface area contributed by atoms with Crippen LogP contribution in [0.3, 0.4) is 0 Å². The van der Waals surface area contributed by atoms with E-state index in [9.17, 15) is 9.90 Å². The van der Waals surface area contributed by atoms with Gasteiger partial charge in [-0.25, -0.2) is 0 Å². The Morgan fingerprint density at radius 2 is 1.65 bits per heavy atom.